The van der Waals surface area contributed by atoms with Crippen molar-refractivity contribution in [2.24, 2.45) is 0 Å². The average Bonchev–Trinajstić information content (AvgIpc) is 2.74. The normalized spacial score (nSPS) is 19.9. The van der Waals surface area contributed by atoms with Crippen molar-refractivity contribution in [2.75, 3.05) is 18.9 Å². The molecule has 5 heteroatoms. The minimum Gasteiger partial charge on any atom is -0.444 e. The van der Waals surface area contributed by atoms with Crippen LogP contribution in [0.15, 0.2) is 18.3 Å². The molecule has 0 saturated carbocycles. The van der Waals surface area contributed by atoms with Crippen LogP contribution in [0.2, 0.25) is 0 Å². The molecule has 0 radical (unpaired) electrons. The molecule has 2 heterocycles. The topological polar surface area (TPSA) is 54.5 Å². The smallest absolute Gasteiger partial charge is 0.413 e. The summed E-state index contributed by atoms with van der Waals surface area (Å²) in [7, 11) is 2.13. The van der Waals surface area contributed by atoms with Crippen LogP contribution in [-0.2, 0) is 4.74 Å². The minimum absolute atomic E-state index is 0.443. The molecule has 0 bridgehead atoms. The van der Waals surface area contributed by atoms with Crippen LogP contribution in [0.4, 0.5) is 10.6 Å². The first-order valence-corrected chi connectivity index (χ1v) is 7.01. The van der Waals surface area contributed by atoms with E-state index in [0.29, 0.717) is 11.9 Å². The lowest BCUT2D eigenvalue weighted by Crippen LogP contribution is -2.27. The largest absolute Gasteiger partial charge is 0.444 e. The molecule has 110 valence electrons. The first-order valence-electron chi connectivity index (χ1n) is 7.01. The third kappa shape index (κ3) is 3.93. The molecule has 1 atom stereocenters. The fourth-order valence-corrected chi connectivity index (χ4v) is 2.42. The molecule has 0 unspecified atom stereocenters. The van der Waals surface area contributed by atoms with Gasteiger partial charge in [0, 0.05) is 12.2 Å². The highest BCUT2D eigenvalue weighted by Crippen LogP contribution is 2.30. The summed E-state index contributed by atoms with van der Waals surface area (Å²) in [6.45, 7) is 6.62. The van der Waals surface area contributed by atoms with E-state index in [1.165, 1.54) is 12.0 Å². The lowest BCUT2D eigenvalue weighted by Gasteiger charge is -2.20. The number of hydrogen-bond donors (Lipinski definition) is 1. The molecule has 5 nitrogen and oxygen atoms in total. The number of pyridine rings is 1. The van der Waals surface area contributed by atoms with Crippen LogP contribution in [0, 0.1) is 0 Å². The van der Waals surface area contributed by atoms with Crippen LogP contribution in [0.1, 0.15) is 45.2 Å². The number of nitrogens with one attached hydrogen (secondary N) is 1. The molecule has 1 amide bonds. The average molecular weight is 277 g/mol. The molecule has 2 rings (SSSR count). The van der Waals surface area contributed by atoms with E-state index in [0.717, 1.165) is 13.0 Å². The monoisotopic (exact) mass is 277 g/mol. The number of carbonyl (C=O) groups excluding carboxylic acids is 1. The quantitative estimate of drug-likeness (QED) is 0.902. The maximum atomic E-state index is 11.6. The lowest BCUT2D eigenvalue weighted by atomic mass is 10.1. The van der Waals surface area contributed by atoms with E-state index >= 15 is 0 Å². The molecule has 0 aromatic carbocycles. The third-order valence-electron chi connectivity index (χ3n) is 3.32. The fraction of sp³-hybridized carbons (Fsp3) is 0.600. The maximum absolute atomic E-state index is 11.6. The number of likely N-dealkylation sites (tertiary alicyclic amines) is 1. The summed E-state index contributed by atoms with van der Waals surface area (Å²) < 4.78 is 5.19. The van der Waals surface area contributed by atoms with Gasteiger partial charge in [-0.25, -0.2) is 9.78 Å². The number of nitrogens with zero attached hydrogens (tertiary/aromatic N) is 2. The Bertz CT molecular complexity index is 465. The van der Waals surface area contributed by atoms with E-state index in [9.17, 15) is 4.79 Å². The number of anilines is 1. The van der Waals surface area contributed by atoms with Crippen LogP contribution in [0.5, 0.6) is 0 Å². The van der Waals surface area contributed by atoms with Crippen molar-refractivity contribution in [3.05, 3.63) is 23.9 Å². The van der Waals surface area contributed by atoms with E-state index in [1.54, 1.807) is 0 Å². The van der Waals surface area contributed by atoms with Gasteiger partial charge in [-0.2, -0.15) is 0 Å². The Balaban J connectivity index is 1.96. The molecule has 20 heavy (non-hydrogen) atoms. The lowest BCUT2D eigenvalue weighted by molar-refractivity contribution is 0.0635. The van der Waals surface area contributed by atoms with Crippen LogP contribution in [0.3, 0.4) is 0 Å². The van der Waals surface area contributed by atoms with Gasteiger partial charge in [-0.15, -0.1) is 0 Å². The van der Waals surface area contributed by atoms with Gasteiger partial charge in [0.05, 0.1) is 0 Å². The number of rotatable bonds is 2. The molecule has 1 aliphatic rings. The highest BCUT2D eigenvalue weighted by atomic mass is 16.6. The van der Waals surface area contributed by atoms with Crippen LogP contribution >= 0.6 is 0 Å². The number of ether oxygens (including phenoxy) is 1. The Kier molecular flexibility index (Phi) is 4.28. The van der Waals surface area contributed by atoms with Crippen molar-refractivity contribution in [3.8, 4) is 0 Å². The Morgan fingerprint density at radius 1 is 1.45 bits per heavy atom. The Labute approximate surface area is 120 Å². The molecular weight excluding hydrogens is 254 g/mol. The van der Waals surface area contributed by atoms with E-state index in [1.807, 2.05) is 39.1 Å². The Morgan fingerprint density at radius 2 is 2.20 bits per heavy atom. The Hall–Kier alpha value is -1.62. The van der Waals surface area contributed by atoms with Gasteiger partial charge in [0.15, 0.2) is 0 Å². The van der Waals surface area contributed by atoms with Gasteiger partial charge in [0.1, 0.15) is 11.4 Å². The fourth-order valence-electron chi connectivity index (χ4n) is 2.42. The molecular formula is C15H23N3O2. The van der Waals surface area contributed by atoms with Gasteiger partial charge in [0.25, 0.3) is 0 Å². The summed E-state index contributed by atoms with van der Waals surface area (Å²) in [5.41, 5.74) is 0.691. The molecule has 1 N–H and O–H groups in total. The third-order valence-corrected chi connectivity index (χ3v) is 3.32. The second kappa shape index (κ2) is 5.79. The van der Waals surface area contributed by atoms with Gasteiger partial charge >= 0.3 is 6.09 Å². The molecule has 1 aliphatic heterocycles. The number of amides is 1. The molecule has 1 saturated heterocycles. The van der Waals surface area contributed by atoms with Crippen LogP contribution in [-0.4, -0.2) is 35.2 Å². The minimum atomic E-state index is -0.503. The van der Waals surface area contributed by atoms with E-state index in [2.05, 4.69) is 22.2 Å². The van der Waals surface area contributed by atoms with Crippen molar-refractivity contribution in [3.63, 3.8) is 0 Å². The summed E-state index contributed by atoms with van der Waals surface area (Å²) >= 11 is 0. The summed E-state index contributed by atoms with van der Waals surface area (Å²) in [6.07, 6.45) is 3.74. The maximum Gasteiger partial charge on any atom is 0.413 e. The van der Waals surface area contributed by atoms with Gasteiger partial charge in [0.2, 0.25) is 0 Å². The summed E-state index contributed by atoms with van der Waals surface area (Å²) in [5.74, 6) is 0.517. The molecule has 1 aromatic rings. The SMILES string of the molecule is CN1CCC[C@@H]1c1ccc(NC(=O)OC(C)(C)C)nc1. The number of aromatic nitrogens is 1. The van der Waals surface area contributed by atoms with Crippen LogP contribution in [0.25, 0.3) is 0 Å². The van der Waals surface area contributed by atoms with Crippen molar-refractivity contribution >= 4 is 11.9 Å². The molecule has 1 fully saturated rings. The van der Waals surface area contributed by atoms with E-state index in [-0.39, 0.29) is 0 Å². The van der Waals surface area contributed by atoms with Gasteiger partial charge in [-0.05, 0) is 58.8 Å². The predicted molar refractivity (Wildman–Crippen MR) is 78.7 cm³/mol. The van der Waals surface area contributed by atoms with Crippen molar-refractivity contribution in [2.45, 2.75) is 45.3 Å². The van der Waals surface area contributed by atoms with Gasteiger partial charge < -0.3 is 4.74 Å². The first-order chi connectivity index (χ1) is 9.35. The zero-order valence-corrected chi connectivity index (χ0v) is 12.6. The van der Waals surface area contributed by atoms with Gasteiger partial charge in [-0.1, -0.05) is 6.07 Å². The second-order valence-electron chi connectivity index (χ2n) is 6.24. The van der Waals surface area contributed by atoms with Crippen molar-refractivity contribution < 1.29 is 9.53 Å². The standard InChI is InChI=1S/C15H23N3O2/c1-15(2,3)20-14(19)17-13-8-7-11(10-16-13)12-6-5-9-18(12)4/h7-8,10,12H,5-6,9H2,1-4H3,(H,16,17,19)/t12-/m1/s1. The number of carbonyl (C=O) groups is 1. The summed E-state index contributed by atoms with van der Waals surface area (Å²) in [6, 6.07) is 4.29. The number of hydrogen-bond acceptors (Lipinski definition) is 4. The predicted octanol–water partition coefficient (Wildman–Crippen LogP) is 3.20. The highest BCUT2D eigenvalue weighted by Gasteiger charge is 2.23. The van der Waals surface area contributed by atoms with Gasteiger partial charge in [-0.3, -0.25) is 10.2 Å². The summed E-state index contributed by atoms with van der Waals surface area (Å²) in [5, 5.41) is 2.64. The second-order valence-corrected chi connectivity index (χ2v) is 6.24. The molecule has 0 spiro atoms. The zero-order chi connectivity index (χ0) is 14.8. The van der Waals surface area contributed by atoms with Crippen molar-refractivity contribution in [1.82, 2.24) is 9.88 Å². The first kappa shape index (κ1) is 14.8. The Morgan fingerprint density at radius 3 is 2.70 bits per heavy atom. The van der Waals surface area contributed by atoms with Crippen LogP contribution < -0.4 is 5.32 Å². The van der Waals surface area contributed by atoms with Crippen molar-refractivity contribution in [1.29, 1.82) is 0 Å². The molecule has 1 aromatic heterocycles. The highest BCUT2D eigenvalue weighted by molar-refractivity contribution is 5.83. The molecule has 0 aliphatic carbocycles. The summed E-state index contributed by atoms with van der Waals surface area (Å²) in [4.78, 5) is 18.3. The zero-order valence-electron chi connectivity index (χ0n) is 12.6. The van der Waals surface area contributed by atoms with E-state index in [4.69, 9.17) is 4.74 Å². The van der Waals surface area contributed by atoms with E-state index < -0.39 is 11.7 Å².